The largest absolute Gasteiger partial charge is 0.475 e. The van der Waals surface area contributed by atoms with Gasteiger partial charge in [0, 0.05) is 12.0 Å². The lowest BCUT2D eigenvalue weighted by Gasteiger charge is -2.11. The van der Waals surface area contributed by atoms with Crippen LogP contribution in [0.4, 0.5) is 0 Å². The van der Waals surface area contributed by atoms with Crippen LogP contribution < -0.4 is 0 Å². The fourth-order valence-corrected chi connectivity index (χ4v) is 2.64. The van der Waals surface area contributed by atoms with Crippen LogP contribution in [-0.2, 0) is 4.74 Å². The van der Waals surface area contributed by atoms with Gasteiger partial charge in [-0.2, -0.15) is 0 Å². The maximum Gasteiger partial charge on any atom is 0.218 e. The molecule has 1 aliphatic heterocycles. The van der Waals surface area contributed by atoms with Crippen molar-refractivity contribution >= 4 is 22.5 Å². The van der Waals surface area contributed by atoms with E-state index < -0.39 is 0 Å². The Labute approximate surface area is 124 Å². The summed E-state index contributed by atoms with van der Waals surface area (Å²) in [6, 6.07) is 11.9. The smallest absolute Gasteiger partial charge is 0.218 e. The quantitative estimate of drug-likeness (QED) is 0.798. The van der Waals surface area contributed by atoms with E-state index in [1.54, 1.807) is 0 Å². The van der Waals surface area contributed by atoms with Crippen molar-refractivity contribution < 1.29 is 9.53 Å². The number of hydrogen-bond acceptors (Lipinski definition) is 3. The Bertz CT molecular complexity index is 744. The van der Waals surface area contributed by atoms with Crippen LogP contribution in [0.5, 0.6) is 0 Å². The first-order valence-electron chi connectivity index (χ1n) is 7.30. The first kappa shape index (κ1) is 13.8. The van der Waals surface area contributed by atoms with E-state index in [1.807, 2.05) is 57.2 Å². The van der Waals surface area contributed by atoms with E-state index in [4.69, 9.17) is 4.74 Å². The molecule has 21 heavy (non-hydrogen) atoms. The summed E-state index contributed by atoms with van der Waals surface area (Å²) in [6.45, 7) is 6.49. The Balaban J connectivity index is 2.29. The Morgan fingerprint density at radius 1 is 1.24 bits per heavy atom. The normalized spacial score (nSPS) is 16.6. The highest BCUT2D eigenvalue weighted by Crippen LogP contribution is 2.29. The number of fused-ring (bicyclic) bond motifs is 1. The third-order valence-electron chi connectivity index (χ3n) is 3.73. The molecule has 3 heteroatoms. The third kappa shape index (κ3) is 2.44. The number of rotatable bonds is 3. The van der Waals surface area contributed by atoms with Crippen molar-refractivity contribution in [3.63, 3.8) is 0 Å². The predicted molar refractivity (Wildman–Crippen MR) is 85.1 cm³/mol. The minimum Gasteiger partial charge on any atom is -0.475 e. The van der Waals surface area contributed by atoms with Crippen molar-refractivity contribution in [3.8, 4) is 0 Å². The summed E-state index contributed by atoms with van der Waals surface area (Å²) in [5.74, 6) is 0.709. The fourth-order valence-electron chi connectivity index (χ4n) is 2.64. The molecule has 3 nitrogen and oxygen atoms in total. The Hall–Kier alpha value is -2.16. The Morgan fingerprint density at radius 3 is 2.67 bits per heavy atom. The lowest BCUT2D eigenvalue weighted by Crippen LogP contribution is -2.17. The standard InChI is InChI=1S/C18H19NO2/c1-4-15(20)14-10-9-12-7-5-6-8-13(12)16(14)17-19-18(2,3)11-21-17/h5-10H,4,11H2,1-3H3. The van der Waals surface area contributed by atoms with Crippen molar-refractivity contribution in [2.24, 2.45) is 4.99 Å². The summed E-state index contributed by atoms with van der Waals surface area (Å²) in [5.41, 5.74) is 1.30. The molecule has 3 rings (SSSR count). The van der Waals surface area contributed by atoms with Crippen LogP contribution in [-0.4, -0.2) is 23.8 Å². The van der Waals surface area contributed by atoms with E-state index >= 15 is 0 Å². The number of aliphatic imine (C=N–C) groups is 1. The van der Waals surface area contributed by atoms with E-state index in [0.717, 1.165) is 16.3 Å². The maximum absolute atomic E-state index is 12.3. The topological polar surface area (TPSA) is 38.7 Å². The average Bonchev–Trinajstić information content (AvgIpc) is 2.85. The van der Waals surface area contributed by atoms with Gasteiger partial charge in [0.2, 0.25) is 5.90 Å². The Morgan fingerprint density at radius 2 is 2.00 bits per heavy atom. The lowest BCUT2D eigenvalue weighted by atomic mass is 9.95. The number of benzene rings is 2. The van der Waals surface area contributed by atoms with Crippen molar-refractivity contribution in [1.82, 2.24) is 0 Å². The van der Waals surface area contributed by atoms with Crippen LogP contribution in [0.2, 0.25) is 0 Å². The van der Waals surface area contributed by atoms with Crippen molar-refractivity contribution in [1.29, 1.82) is 0 Å². The zero-order chi connectivity index (χ0) is 15.0. The van der Waals surface area contributed by atoms with Gasteiger partial charge in [-0.1, -0.05) is 37.3 Å². The van der Waals surface area contributed by atoms with Crippen molar-refractivity contribution in [3.05, 3.63) is 47.5 Å². The molecule has 0 aliphatic carbocycles. The van der Waals surface area contributed by atoms with E-state index in [0.29, 0.717) is 24.5 Å². The molecule has 0 fully saturated rings. The van der Waals surface area contributed by atoms with E-state index in [2.05, 4.69) is 4.99 Å². The van der Waals surface area contributed by atoms with E-state index in [9.17, 15) is 4.79 Å². The molecular formula is C18H19NO2. The van der Waals surface area contributed by atoms with Gasteiger partial charge >= 0.3 is 0 Å². The van der Waals surface area contributed by atoms with Crippen LogP contribution in [0.1, 0.15) is 43.1 Å². The van der Waals surface area contributed by atoms with Gasteiger partial charge in [-0.15, -0.1) is 0 Å². The van der Waals surface area contributed by atoms with Crippen molar-refractivity contribution in [2.75, 3.05) is 6.61 Å². The molecule has 0 aromatic heterocycles. The molecule has 0 unspecified atom stereocenters. The highest BCUT2D eigenvalue weighted by Gasteiger charge is 2.30. The zero-order valence-corrected chi connectivity index (χ0v) is 12.6. The monoisotopic (exact) mass is 281 g/mol. The molecule has 0 saturated heterocycles. The van der Waals surface area contributed by atoms with Gasteiger partial charge < -0.3 is 4.74 Å². The molecular weight excluding hydrogens is 262 g/mol. The molecule has 0 saturated carbocycles. The van der Waals surface area contributed by atoms with Gasteiger partial charge in [0.1, 0.15) is 6.61 Å². The molecule has 2 aromatic carbocycles. The number of hydrogen-bond donors (Lipinski definition) is 0. The van der Waals surface area contributed by atoms with E-state index in [1.165, 1.54) is 0 Å². The van der Waals surface area contributed by atoms with E-state index in [-0.39, 0.29) is 11.3 Å². The number of ether oxygens (including phenoxy) is 1. The van der Waals surface area contributed by atoms with Crippen LogP contribution >= 0.6 is 0 Å². The van der Waals surface area contributed by atoms with Crippen LogP contribution in [0.3, 0.4) is 0 Å². The summed E-state index contributed by atoms with van der Waals surface area (Å²) in [7, 11) is 0. The van der Waals surface area contributed by atoms with Crippen LogP contribution in [0, 0.1) is 0 Å². The molecule has 0 amide bonds. The fraction of sp³-hybridized carbons (Fsp3) is 0.333. The number of Topliss-reactive ketones (excluding diaryl/α,β-unsaturated/α-hetero) is 1. The number of nitrogens with zero attached hydrogens (tertiary/aromatic N) is 1. The molecule has 2 aromatic rings. The molecule has 1 heterocycles. The molecule has 0 atom stereocenters. The van der Waals surface area contributed by atoms with Crippen LogP contribution in [0.15, 0.2) is 41.4 Å². The first-order chi connectivity index (χ1) is 10.0. The highest BCUT2D eigenvalue weighted by atomic mass is 16.5. The SMILES string of the molecule is CCC(=O)c1ccc2ccccc2c1C1=NC(C)(C)CO1. The summed E-state index contributed by atoms with van der Waals surface area (Å²) >= 11 is 0. The number of carbonyl (C=O) groups is 1. The molecule has 0 bridgehead atoms. The summed E-state index contributed by atoms with van der Waals surface area (Å²) in [4.78, 5) is 16.9. The van der Waals surface area contributed by atoms with Gasteiger partial charge in [-0.05, 0) is 30.7 Å². The van der Waals surface area contributed by atoms with Gasteiger partial charge in [0.25, 0.3) is 0 Å². The minimum atomic E-state index is -0.237. The zero-order valence-electron chi connectivity index (χ0n) is 12.6. The Kier molecular flexibility index (Phi) is 3.28. The van der Waals surface area contributed by atoms with Gasteiger partial charge in [-0.25, -0.2) is 4.99 Å². The summed E-state index contributed by atoms with van der Waals surface area (Å²) < 4.78 is 5.80. The van der Waals surface area contributed by atoms with Crippen LogP contribution in [0.25, 0.3) is 10.8 Å². The lowest BCUT2D eigenvalue weighted by molar-refractivity contribution is 0.0988. The summed E-state index contributed by atoms with van der Waals surface area (Å²) in [6.07, 6.45) is 0.474. The maximum atomic E-state index is 12.3. The number of carbonyl (C=O) groups excluding carboxylic acids is 1. The predicted octanol–water partition coefficient (Wildman–Crippen LogP) is 3.99. The third-order valence-corrected chi connectivity index (χ3v) is 3.73. The number of ketones is 1. The molecule has 1 aliphatic rings. The second kappa shape index (κ2) is 4.99. The average molecular weight is 281 g/mol. The first-order valence-corrected chi connectivity index (χ1v) is 7.30. The van der Waals surface area contributed by atoms with Gasteiger partial charge in [0.05, 0.1) is 11.1 Å². The van der Waals surface area contributed by atoms with Crippen molar-refractivity contribution in [2.45, 2.75) is 32.7 Å². The minimum absolute atomic E-state index is 0.117. The molecule has 0 N–H and O–H groups in total. The molecule has 0 spiro atoms. The van der Waals surface area contributed by atoms with Gasteiger partial charge in [0.15, 0.2) is 5.78 Å². The molecule has 108 valence electrons. The molecule has 0 radical (unpaired) electrons. The second-order valence-electron chi connectivity index (χ2n) is 6.00. The highest BCUT2D eigenvalue weighted by molar-refractivity contribution is 6.16. The summed E-state index contributed by atoms with van der Waals surface area (Å²) in [5, 5.41) is 2.12. The second-order valence-corrected chi connectivity index (χ2v) is 6.00. The van der Waals surface area contributed by atoms with Gasteiger partial charge in [-0.3, -0.25) is 4.79 Å².